The van der Waals surface area contributed by atoms with Crippen molar-refractivity contribution < 1.29 is 0 Å². The Labute approximate surface area is 152 Å². The fourth-order valence-corrected chi connectivity index (χ4v) is 3.92. The molecular weight excluding hydrogens is 334 g/mol. The van der Waals surface area contributed by atoms with E-state index in [1.54, 1.807) is 0 Å². The topological polar surface area (TPSA) is 48.1 Å². The molecule has 1 aromatic carbocycles. The summed E-state index contributed by atoms with van der Waals surface area (Å²) in [5.41, 5.74) is 2.06. The summed E-state index contributed by atoms with van der Waals surface area (Å²) >= 11 is 6.15. The standard InChI is InChI=1S/C19H22ClN5/c1-13-9-11-25(14-6-4-3-5-7-14)12-16(13)24(2)18-15-8-10-21-17(15)22-19(20)23-18/h3-8,10,13,16H,9,11-12H2,1-2H3,(H,21,22,23)/t13-,16+/m1/s1. The molecule has 6 heteroatoms. The number of anilines is 2. The van der Waals surface area contributed by atoms with Crippen molar-refractivity contribution in [1.82, 2.24) is 15.0 Å². The molecule has 1 aliphatic rings. The molecule has 1 fully saturated rings. The lowest BCUT2D eigenvalue weighted by atomic mass is 9.92. The third-order valence-electron chi connectivity index (χ3n) is 5.24. The minimum Gasteiger partial charge on any atom is -0.369 e. The van der Waals surface area contributed by atoms with Crippen molar-refractivity contribution in [3.05, 3.63) is 47.9 Å². The molecule has 0 radical (unpaired) electrons. The van der Waals surface area contributed by atoms with E-state index in [2.05, 4.69) is 69.1 Å². The fourth-order valence-electron chi connectivity index (χ4n) is 3.75. The van der Waals surface area contributed by atoms with Crippen molar-refractivity contribution in [1.29, 1.82) is 0 Å². The van der Waals surface area contributed by atoms with Gasteiger partial charge in [0.25, 0.3) is 0 Å². The molecule has 1 aliphatic heterocycles. The van der Waals surface area contributed by atoms with Gasteiger partial charge >= 0.3 is 0 Å². The van der Waals surface area contributed by atoms with E-state index in [1.165, 1.54) is 5.69 Å². The summed E-state index contributed by atoms with van der Waals surface area (Å²) in [4.78, 5) is 16.6. The number of hydrogen-bond donors (Lipinski definition) is 1. The van der Waals surface area contributed by atoms with Crippen LogP contribution in [0.15, 0.2) is 42.6 Å². The molecule has 25 heavy (non-hydrogen) atoms. The highest BCUT2D eigenvalue weighted by Gasteiger charge is 2.31. The molecular formula is C19H22ClN5. The predicted octanol–water partition coefficient (Wildman–Crippen LogP) is 3.96. The largest absolute Gasteiger partial charge is 0.369 e. The van der Waals surface area contributed by atoms with Crippen LogP contribution in [0.3, 0.4) is 0 Å². The molecule has 0 saturated carbocycles. The Hall–Kier alpha value is -2.27. The number of benzene rings is 1. The summed E-state index contributed by atoms with van der Waals surface area (Å²) in [6.07, 6.45) is 3.03. The van der Waals surface area contributed by atoms with Crippen LogP contribution in [0.4, 0.5) is 11.5 Å². The van der Waals surface area contributed by atoms with Crippen LogP contribution < -0.4 is 9.80 Å². The molecule has 3 aromatic rings. The number of halogens is 1. The summed E-state index contributed by atoms with van der Waals surface area (Å²) in [6.45, 7) is 4.37. The number of nitrogens with zero attached hydrogens (tertiary/aromatic N) is 4. The Morgan fingerprint density at radius 1 is 1.20 bits per heavy atom. The quantitative estimate of drug-likeness (QED) is 0.722. The van der Waals surface area contributed by atoms with Crippen LogP contribution in [-0.2, 0) is 0 Å². The molecule has 0 aliphatic carbocycles. The normalized spacial score (nSPS) is 20.8. The summed E-state index contributed by atoms with van der Waals surface area (Å²) in [7, 11) is 2.11. The summed E-state index contributed by atoms with van der Waals surface area (Å²) < 4.78 is 0. The van der Waals surface area contributed by atoms with Crippen LogP contribution in [0, 0.1) is 5.92 Å². The van der Waals surface area contributed by atoms with Crippen LogP contribution in [-0.4, -0.2) is 41.1 Å². The first-order valence-electron chi connectivity index (χ1n) is 8.67. The molecule has 1 saturated heterocycles. The monoisotopic (exact) mass is 355 g/mol. The van der Waals surface area contributed by atoms with Gasteiger partial charge < -0.3 is 14.8 Å². The number of nitrogens with one attached hydrogen (secondary N) is 1. The average molecular weight is 356 g/mol. The van der Waals surface area contributed by atoms with E-state index in [1.807, 2.05) is 12.3 Å². The number of aromatic amines is 1. The van der Waals surface area contributed by atoms with E-state index in [0.717, 1.165) is 36.4 Å². The zero-order chi connectivity index (χ0) is 17.4. The van der Waals surface area contributed by atoms with E-state index >= 15 is 0 Å². The Balaban J connectivity index is 1.65. The van der Waals surface area contributed by atoms with Crippen molar-refractivity contribution in [3.63, 3.8) is 0 Å². The Morgan fingerprint density at radius 2 is 2.00 bits per heavy atom. The minimum absolute atomic E-state index is 0.278. The first-order valence-corrected chi connectivity index (χ1v) is 9.05. The Bertz CT molecular complexity index is 863. The lowest BCUT2D eigenvalue weighted by Crippen LogP contribution is -2.51. The second-order valence-electron chi connectivity index (χ2n) is 6.78. The first-order chi connectivity index (χ1) is 12.1. The fraction of sp³-hybridized carbons (Fsp3) is 0.368. The Kier molecular flexibility index (Phi) is 4.25. The van der Waals surface area contributed by atoms with Gasteiger partial charge in [0, 0.05) is 32.0 Å². The number of hydrogen-bond acceptors (Lipinski definition) is 4. The molecule has 3 heterocycles. The highest BCUT2D eigenvalue weighted by molar-refractivity contribution is 6.28. The van der Waals surface area contributed by atoms with Gasteiger partial charge in [-0.1, -0.05) is 25.1 Å². The molecule has 0 unspecified atom stereocenters. The number of likely N-dealkylation sites (N-methyl/N-ethyl adjacent to an activating group) is 1. The van der Waals surface area contributed by atoms with E-state index in [9.17, 15) is 0 Å². The van der Waals surface area contributed by atoms with Crippen LogP contribution in [0.1, 0.15) is 13.3 Å². The van der Waals surface area contributed by atoms with Crippen LogP contribution >= 0.6 is 11.6 Å². The maximum absolute atomic E-state index is 6.15. The summed E-state index contributed by atoms with van der Waals surface area (Å²) in [5.74, 6) is 1.47. The molecule has 2 atom stereocenters. The van der Waals surface area contributed by atoms with Gasteiger partial charge in [0.1, 0.15) is 11.5 Å². The molecule has 0 amide bonds. The number of fused-ring (bicyclic) bond motifs is 1. The van der Waals surface area contributed by atoms with Crippen molar-refractivity contribution in [2.45, 2.75) is 19.4 Å². The minimum atomic E-state index is 0.278. The summed E-state index contributed by atoms with van der Waals surface area (Å²) in [6, 6.07) is 13.0. The number of piperidine rings is 1. The SMILES string of the molecule is C[C@@H]1CCN(c2ccccc2)C[C@@H]1N(C)c1nc(Cl)nc2[nH]ccc12. The molecule has 0 spiro atoms. The summed E-state index contributed by atoms with van der Waals surface area (Å²) in [5, 5.41) is 1.29. The average Bonchev–Trinajstić information content (AvgIpc) is 3.10. The van der Waals surface area contributed by atoms with Gasteiger partial charge in [-0.25, -0.2) is 0 Å². The molecule has 1 N–H and O–H groups in total. The van der Waals surface area contributed by atoms with Gasteiger partial charge in [-0.15, -0.1) is 0 Å². The second kappa shape index (κ2) is 6.56. The predicted molar refractivity (Wildman–Crippen MR) is 104 cm³/mol. The zero-order valence-corrected chi connectivity index (χ0v) is 15.2. The second-order valence-corrected chi connectivity index (χ2v) is 7.12. The van der Waals surface area contributed by atoms with E-state index in [-0.39, 0.29) is 5.28 Å². The molecule has 2 aromatic heterocycles. The van der Waals surface area contributed by atoms with Gasteiger partial charge in [0.05, 0.1) is 11.4 Å². The first kappa shape index (κ1) is 16.2. The van der Waals surface area contributed by atoms with Gasteiger partial charge in [0.2, 0.25) is 5.28 Å². The molecule has 4 rings (SSSR count). The number of aromatic nitrogens is 3. The van der Waals surface area contributed by atoms with Crippen molar-refractivity contribution >= 4 is 34.1 Å². The number of para-hydroxylation sites is 1. The van der Waals surface area contributed by atoms with Crippen molar-refractivity contribution in [2.24, 2.45) is 5.92 Å². The highest BCUT2D eigenvalue weighted by Crippen LogP contribution is 2.31. The van der Waals surface area contributed by atoms with E-state index in [0.29, 0.717) is 12.0 Å². The number of rotatable bonds is 3. The maximum atomic E-state index is 6.15. The van der Waals surface area contributed by atoms with Crippen molar-refractivity contribution in [3.8, 4) is 0 Å². The van der Waals surface area contributed by atoms with Crippen LogP contribution in [0.5, 0.6) is 0 Å². The third-order valence-corrected chi connectivity index (χ3v) is 5.41. The zero-order valence-electron chi connectivity index (χ0n) is 14.5. The van der Waals surface area contributed by atoms with E-state index < -0.39 is 0 Å². The third kappa shape index (κ3) is 3.04. The van der Waals surface area contributed by atoms with Crippen LogP contribution in [0.25, 0.3) is 11.0 Å². The smallest absolute Gasteiger partial charge is 0.226 e. The molecule has 0 bridgehead atoms. The molecule has 130 valence electrons. The van der Waals surface area contributed by atoms with Gasteiger partial charge in [-0.2, -0.15) is 9.97 Å². The Morgan fingerprint density at radius 3 is 2.80 bits per heavy atom. The maximum Gasteiger partial charge on any atom is 0.226 e. The van der Waals surface area contributed by atoms with Gasteiger partial charge in [-0.05, 0) is 42.1 Å². The number of H-pyrrole nitrogens is 1. The van der Waals surface area contributed by atoms with E-state index in [4.69, 9.17) is 11.6 Å². The molecule has 5 nitrogen and oxygen atoms in total. The lowest BCUT2D eigenvalue weighted by molar-refractivity contribution is 0.367. The van der Waals surface area contributed by atoms with Gasteiger partial charge in [0.15, 0.2) is 0 Å². The van der Waals surface area contributed by atoms with Gasteiger partial charge in [-0.3, -0.25) is 0 Å². The lowest BCUT2D eigenvalue weighted by Gasteiger charge is -2.43. The van der Waals surface area contributed by atoms with Crippen LogP contribution in [0.2, 0.25) is 5.28 Å². The highest BCUT2D eigenvalue weighted by atomic mass is 35.5. The van der Waals surface area contributed by atoms with Crippen molar-refractivity contribution in [2.75, 3.05) is 29.9 Å².